The Morgan fingerprint density at radius 3 is 1.15 bits per heavy atom. The van der Waals surface area contributed by atoms with Gasteiger partial charge in [0.1, 0.15) is 0 Å². The zero-order chi connectivity index (χ0) is 35.3. The summed E-state index contributed by atoms with van der Waals surface area (Å²) >= 11 is 0. The first-order valence-electron chi connectivity index (χ1n) is 18.7. The second kappa shape index (κ2) is 11.2. The van der Waals surface area contributed by atoms with Crippen molar-refractivity contribution in [2.75, 3.05) is 0 Å². The van der Waals surface area contributed by atoms with Gasteiger partial charge in [-0.25, -0.2) is 0 Å². The maximum atomic E-state index is 2.44. The molecule has 0 aromatic heterocycles. The van der Waals surface area contributed by atoms with E-state index in [-0.39, 0.29) is 5.41 Å². The quantitative estimate of drug-likeness (QED) is 0.175. The molecule has 0 saturated carbocycles. The van der Waals surface area contributed by atoms with E-state index >= 15 is 0 Å². The summed E-state index contributed by atoms with van der Waals surface area (Å²) in [6.45, 7) is 4.88. The monoisotopic (exact) mass is 672 g/mol. The van der Waals surface area contributed by atoms with Gasteiger partial charge in [0.25, 0.3) is 0 Å². The summed E-state index contributed by atoms with van der Waals surface area (Å²) in [7, 11) is 0. The van der Waals surface area contributed by atoms with Crippen LogP contribution in [0.25, 0.3) is 99.4 Å². The fourth-order valence-corrected chi connectivity index (χ4v) is 9.90. The summed E-state index contributed by atoms with van der Waals surface area (Å²) in [5, 5.41) is 5.26. The normalized spacial score (nSPS) is 13.2. The maximum Gasteiger partial charge on any atom is 0.0165 e. The van der Waals surface area contributed by atoms with Gasteiger partial charge in [0.2, 0.25) is 0 Å². The zero-order valence-electron chi connectivity index (χ0n) is 29.8. The van der Waals surface area contributed by atoms with Crippen LogP contribution in [-0.2, 0) is 5.41 Å². The molecular formula is C53H36. The fraction of sp³-hybridized carbons (Fsp3) is 0.0566. The van der Waals surface area contributed by atoms with E-state index in [1.165, 1.54) is 111 Å². The molecule has 11 rings (SSSR count). The minimum atomic E-state index is -0.252. The van der Waals surface area contributed by atoms with Crippen molar-refractivity contribution >= 4 is 21.5 Å². The molecular weight excluding hydrogens is 637 g/mol. The summed E-state index contributed by atoms with van der Waals surface area (Å²) in [4.78, 5) is 0. The van der Waals surface area contributed by atoms with Crippen LogP contribution in [0.2, 0.25) is 0 Å². The first-order chi connectivity index (χ1) is 26.1. The number of hydrogen-bond donors (Lipinski definition) is 0. The van der Waals surface area contributed by atoms with E-state index in [9.17, 15) is 0 Å². The van der Waals surface area contributed by atoms with Gasteiger partial charge < -0.3 is 0 Å². The molecule has 0 aliphatic heterocycles. The second-order valence-electron chi connectivity index (χ2n) is 15.1. The van der Waals surface area contributed by atoms with Gasteiger partial charge in [0.05, 0.1) is 0 Å². The van der Waals surface area contributed by atoms with Crippen LogP contribution in [0, 0.1) is 0 Å². The van der Waals surface area contributed by atoms with Gasteiger partial charge in [-0.1, -0.05) is 196 Å². The molecule has 0 fully saturated rings. The van der Waals surface area contributed by atoms with Crippen molar-refractivity contribution < 1.29 is 0 Å². The minimum absolute atomic E-state index is 0.252. The van der Waals surface area contributed by atoms with Gasteiger partial charge in [-0.15, -0.1) is 0 Å². The molecule has 53 heavy (non-hydrogen) atoms. The first kappa shape index (κ1) is 30.2. The molecule has 0 amide bonds. The van der Waals surface area contributed by atoms with E-state index < -0.39 is 0 Å². The molecule has 2 aliphatic carbocycles. The maximum absolute atomic E-state index is 2.44. The third-order valence-corrected chi connectivity index (χ3v) is 11.9. The van der Waals surface area contributed by atoms with Gasteiger partial charge in [-0.3, -0.25) is 0 Å². The summed E-state index contributed by atoms with van der Waals surface area (Å²) in [6, 6.07) is 67.7. The summed E-state index contributed by atoms with van der Waals surface area (Å²) in [5.41, 5.74) is 20.7. The molecule has 0 saturated heterocycles. The Bertz CT molecular complexity index is 2910. The molecule has 0 spiro atoms. The lowest BCUT2D eigenvalue weighted by Gasteiger charge is -2.31. The first-order valence-corrected chi connectivity index (χ1v) is 18.7. The third kappa shape index (κ3) is 4.12. The molecule has 248 valence electrons. The SMILES string of the molecule is CC1(C)c2ccccc2-c2c1c(-c1ccccc1)c1c(-c3ccccc3)c3c(c(-c4ccccc4)c1c2-c1ccccc1)-c1cccc2cccc-3c12. The summed E-state index contributed by atoms with van der Waals surface area (Å²) in [6.07, 6.45) is 0. The smallest absolute Gasteiger partial charge is 0.0165 e. The van der Waals surface area contributed by atoms with E-state index in [1.54, 1.807) is 0 Å². The van der Waals surface area contributed by atoms with Crippen LogP contribution >= 0.6 is 0 Å². The highest BCUT2D eigenvalue weighted by Gasteiger charge is 2.43. The Kier molecular flexibility index (Phi) is 6.40. The lowest BCUT2D eigenvalue weighted by atomic mass is 9.71. The van der Waals surface area contributed by atoms with E-state index in [4.69, 9.17) is 0 Å². The van der Waals surface area contributed by atoms with Crippen LogP contribution < -0.4 is 0 Å². The van der Waals surface area contributed by atoms with E-state index in [0.717, 1.165) is 0 Å². The highest BCUT2D eigenvalue weighted by molar-refractivity contribution is 6.33. The van der Waals surface area contributed by atoms with E-state index in [1.807, 2.05) is 0 Å². The number of fused-ring (bicyclic) bond motifs is 7. The zero-order valence-corrected chi connectivity index (χ0v) is 29.8. The molecule has 0 heteroatoms. The van der Waals surface area contributed by atoms with Crippen LogP contribution in [0.15, 0.2) is 182 Å². The average molecular weight is 673 g/mol. The molecule has 9 aromatic rings. The van der Waals surface area contributed by atoms with Crippen LogP contribution in [-0.4, -0.2) is 0 Å². The fourth-order valence-electron chi connectivity index (χ4n) is 9.90. The summed E-state index contributed by atoms with van der Waals surface area (Å²) < 4.78 is 0. The Morgan fingerprint density at radius 1 is 0.283 bits per heavy atom. The van der Waals surface area contributed by atoms with Crippen molar-refractivity contribution in [2.45, 2.75) is 19.3 Å². The van der Waals surface area contributed by atoms with Crippen molar-refractivity contribution in [1.82, 2.24) is 0 Å². The van der Waals surface area contributed by atoms with E-state index in [2.05, 4.69) is 196 Å². The number of rotatable bonds is 4. The van der Waals surface area contributed by atoms with Crippen LogP contribution in [0.3, 0.4) is 0 Å². The third-order valence-electron chi connectivity index (χ3n) is 11.9. The molecule has 0 unspecified atom stereocenters. The lowest BCUT2D eigenvalue weighted by molar-refractivity contribution is 0.663. The molecule has 0 bridgehead atoms. The molecule has 0 radical (unpaired) electrons. The largest absolute Gasteiger partial charge is 0.0622 e. The molecule has 0 N–H and O–H groups in total. The van der Waals surface area contributed by atoms with Gasteiger partial charge in [0, 0.05) is 5.41 Å². The average Bonchev–Trinajstić information content (AvgIpc) is 3.67. The van der Waals surface area contributed by atoms with Crippen molar-refractivity contribution in [3.63, 3.8) is 0 Å². The Labute approximate surface area is 310 Å². The minimum Gasteiger partial charge on any atom is -0.0622 e. The van der Waals surface area contributed by atoms with Crippen molar-refractivity contribution in [3.05, 3.63) is 193 Å². The molecule has 0 heterocycles. The van der Waals surface area contributed by atoms with Crippen molar-refractivity contribution in [2.24, 2.45) is 0 Å². The second-order valence-corrected chi connectivity index (χ2v) is 15.1. The highest BCUT2D eigenvalue weighted by atomic mass is 14.5. The molecule has 2 aliphatic rings. The van der Waals surface area contributed by atoms with Crippen molar-refractivity contribution in [3.8, 4) is 77.9 Å². The summed E-state index contributed by atoms with van der Waals surface area (Å²) in [5.74, 6) is 0. The highest BCUT2D eigenvalue weighted by Crippen LogP contribution is 2.65. The van der Waals surface area contributed by atoms with Crippen LogP contribution in [0.1, 0.15) is 25.0 Å². The predicted octanol–water partition coefficient (Wildman–Crippen LogP) is 14.6. The predicted molar refractivity (Wildman–Crippen MR) is 225 cm³/mol. The van der Waals surface area contributed by atoms with E-state index in [0.29, 0.717) is 0 Å². The van der Waals surface area contributed by atoms with Crippen molar-refractivity contribution in [1.29, 1.82) is 0 Å². The Morgan fingerprint density at radius 2 is 0.660 bits per heavy atom. The van der Waals surface area contributed by atoms with Gasteiger partial charge >= 0.3 is 0 Å². The van der Waals surface area contributed by atoms with Crippen LogP contribution in [0.5, 0.6) is 0 Å². The Hall–Kier alpha value is -6.50. The van der Waals surface area contributed by atoms with Crippen LogP contribution in [0.4, 0.5) is 0 Å². The molecule has 9 aromatic carbocycles. The van der Waals surface area contributed by atoms with Gasteiger partial charge in [-0.2, -0.15) is 0 Å². The standard InChI is InChI=1S/C53H36/c1-53(2)41-32-16-15-29-38(41)49-45(36-23-11-5-12-24-36)50-43(34-19-7-3-8-20-34)47-39-30-17-27-33-28-18-31-40(42(33)39)48(47)44(35-21-9-4-10-22-35)51(50)46(52(49)53)37-25-13-6-14-26-37/h3-32H,1-2H3. The molecule has 0 nitrogen and oxygen atoms in total. The lowest BCUT2D eigenvalue weighted by Crippen LogP contribution is -2.17. The van der Waals surface area contributed by atoms with Gasteiger partial charge in [0.15, 0.2) is 0 Å². The molecule has 0 atom stereocenters. The number of benzene rings is 9. The Balaban J connectivity index is 1.53. The number of hydrogen-bond acceptors (Lipinski definition) is 0. The van der Waals surface area contributed by atoms with Gasteiger partial charge in [-0.05, 0) is 111 Å². The topological polar surface area (TPSA) is 0 Å².